The van der Waals surface area contributed by atoms with Gasteiger partial charge >= 0.3 is 6.09 Å². The molecule has 1 heterocycles. The molecule has 5 heteroatoms. The minimum absolute atomic E-state index is 0.344. The zero-order valence-corrected chi connectivity index (χ0v) is 15.9. The van der Waals surface area contributed by atoms with Crippen molar-refractivity contribution in [1.29, 1.82) is 0 Å². The fourth-order valence-electron chi connectivity index (χ4n) is 3.22. The lowest BCUT2D eigenvalue weighted by molar-refractivity contribution is -0.827. The Morgan fingerprint density at radius 1 is 0.875 bits per heavy atom. The van der Waals surface area contributed by atoms with Gasteiger partial charge in [-0.3, -0.25) is 0 Å². The number of amides is 1. The SMILES string of the molecule is CCCCCCCCCCCCCC[N+]1(C(=O)O)N=NC(C)=C1C. The van der Waals surface area contributed by atoms with Crippen molar-refractivity contribution in [2.24, 2.45) is 10.3 Å². The minimum atomic E-state index is -0.920. The summed E-state index contributed by atoms with van der Waals surface area (Å²) in [6.07, 6.45) is 14.4. The van der Waals surface area contributed by atoms with E-state index in [9.17, 15) is 9.90 Å². The fraction of sp³-hybridized carbons (Fsp3) is 0.842. The van der Waals surface area contributed by atoms with Crippen LogP contribution in [0.1, 0.15) is 97.8 Å². The van der Waals surface area contributed by atoms with Crippen LogP contribution in [0.4, 0.5) is 4.79 Å². The Hall–Kier alpha value is -1.23. The van der Waals surface area contributed by atoms with Crippen LogP contribution >= 0.6 is 0 Å². The Kier molecular flexibility index (Phi) is 9.84. The number of hydrogen-bond acceptors (Lipinski definition) is 3. The molecule has 1 rings (SSSR count). The first-order chi connectivity index (χ1) is 11.5. The Morgan fingerprint density at radius 3 is 1.71 bits per heavy atom. The number of carboxylic acid groups (broad SMARTS) is 1. The van der Waals surface area contributed by atoms with E-state index in [2.05, 4.69) is 17.3 Å². The second-order valence-corrected chi connectivity index (χ2v) is 7.02. The molecule has 0 aromatic carbocycles. The molecule has 0 aromatic rings. The van der Waals surface area contributed by atoms with Crippen LogP contribution < -0.4 is 0 Å². The van der Waals surface area contributed by atoms with Crippen molar-refractivity contribution < 1.29 is 14.5 Å². The molecule has 0 radical (unpaired) electrons. The molecule has 0 fully saturated rings. The van der Waals surface area contributed by atoms with E-state index >= 15 is 0 Å². The van der Waals surface area contributed by atoms with Crippen molar-refractivity contribution in [2.75, 3.05) is 6.54 Å². The lowest BCUT2D eigenvalue weighted by atomic mass is 10.1. The number of unbranched alkanes of at least 4 members (excludes halogenated alkanes) is 11. The van der Waals surface area contributed by atoms with Crippen molar-refractivity contribution in [3.63, 3.8) is 0 Å². The highest BCUT2D eigenvalue weighted by Crippen LogP contribution is 2.30. The number of nitrogens with zero attached hydrogens (tertiary/aromatic N) is 3. The van der Waals surface area contributed by atoms with Gasteiger partial charge in [-0.15, -0.1) is 0 Å². The van der Waals surface area contributed by atoms with Crippen molar-refractivity contribution in [3.05, 3.63) is 11.4 Å². The maximum Gasteiger partial charge on any atom is 0.547 e. The first-order valence-corrected chi connectivity index (χ1v) is 9.77. The molecule has 138 valence electrons. The molecular weight excluding hydrogens is 302 g/mol. The predicted octanol–water partition coefficient (Wildman–Crippen LogP) is 6.81. The zero-order chi connectivity index (χ0) is 17.8. The summed E-state index contributed by atoms with van der Waals surface area (Å²) < 4.78 is -0.344. The zero-order valence-electron chi connectivity index (χ0n) is 15.9. The van der Waals surface area contributed by atoms with Crippen LogP contribution in [0.5, 0.6) is 0 Å². The van der Waals surface area contributed by atoms with Crippen molar-refractivity contribution in [1.82, 2.24) is 0 Å². The molecule has 0 spiro atoms. The number of carbonyl (C=O) groups is 1. The van der Waals surface area contributed by atoms with Gasteiger partial charge in [0.25, 0.3) is 0 Å². The molecule has 0 aromatic heterocycles. The third-order valence-electron chi connectivity index (χ3n) is 5.08. The summed E-state index contributed by atoms with van der Waals surface area (Å²) in [5.74, 6) is 0. The molecule has 1 N–H and O–H groups in total. The van der Waals surface area contributed by atoms with Gasteiger partial charge in [0, 0.05) is 18.6 Å². The van der Waals surface area contributed by atoms with E-state index in [-0.39, 0.29) is 4.59 Å². The standard InChI is InChI=1S/C19H35N3O2/c1-4-5-6-7-8-9-10-11-12-13-14-15-16-22(19(23)24)18(3)17(2)20-21-22/h4-16H2,1-3H3/p+1. The topological polar surface area (TPSA) is 62.0 Å². The molecule has 0 bridgehead atoms. The molecule has 0 saturated carbocycles. The van der Waals surface area contributed by atoms with E-state index in [1.807, 2.05) is 13.8 Å². The number of hydrogen-bond donors (Lipinski definition) is 1. The van der Waals surface area contributed by atoms with Crippen LogP contribution in [0.15, 0.2) is 21.7 Å². The molecule has 1 unspecified atom stereocenters. The van der Waals surface area contributed by atoms with Gasteiger partial charge in [0.05, 0.1) is 0 Å². The predicted molar refractivity (Wildman–Crippen MR) is 97.5 cm³/mol. The molecule has 1 atom stereocenters. The van der Waals surface area contributed by atoms with Gasteiger partial charge in [0.1, 0.15) is 12.2 Å². The monoisotopic (exact) mass is 338 g/mol. The highest BCUT2D eigenvalue weighted by molar-refractivity contribution is 5.58. The second kappa shape index (κ2) is 11.3. The molecule has 5 nitrogen and oxygen atoms in total. The summed E-state index contributed by atoms with van der Waals surface area (Å²) in [7, 11) is 0. The van der Waals surface area contributed by atoms with Crippen LogP contribution in [0.2, 0.25) is 0 Å². The molecule has 0 aliphatic carbocycles. The highest BCUT2D eigenvalue weighted by atomic mass is 16.4. The Balaban J connectivity index is 2.06. The van der Waals surface area contributed by atoms with Crippen molar-refractivity contribution in [2.45, 2.75) is 97.8 Å². The Morgan fingerprint density at radius 2 is 1.33 bits per heavy atom. The lowest BCUT2D eigenvalue weighted by Crippen LogP contribution is -2.44. The summed E-state index contributed by atoms with van der Waals surface area (Å²) in [5, 5.41) is 17.5. The van der Waals surface area contributed by atoms with Crippen LogP contribution in [-0.2, 0) is 0 Å². The number of quaternary nitrogens is 1. The quantitative estimate of drug-likeness (QED) is 0.296. The summed E-state index contributed by atoms with van der Waals surface area (Å²) in [4.78, 5) is 11.6. The van der Waals surface area contributed by atoms with Crippen LogP contribution in [-0.4, -0.2) is 22.3 Å². The van der Waals surface area contributed by atoms with Gasteiger partial charge in [-0.25, -0.2) is 0 Å². The molecule has 1 aliphatic rings. The number of allylic oxidation sites excluding steroid dienone is 2. The Bertz CT molecular complexity index is 446. The molecule has 1 amide bonds. The normalized spacial score (nSPS) is 20.1. The summed E-state index contributed by atoms with van der Waals surface area (Å²) in [6.45, 7) is 6.42. The van der Waals surface area contributed by atoms with Crippen molar-refractivity contribution >= 4 is 6.09 Å². The van der Waals surface area contributed by atoms with Gasteiger partial charge in [-0.1, -0.05) is 76.2 Å². The van der Waals surface area contributed by atoms with Gasteiger partial charge in [0.2, 0.25) is 0 Å². The van der Waals surface area contributed by atoms with Crippen molar-refractivity contribution in [3.8, 4) is 0 Å². The molecular formula is C19H36N3O2+. The number of rotatable bonds is 13. The summed E-state index contributed by atoms with van der Waals surface area (Å²) in [6, 6.07) is 0. The van der Waals surface area contributed by atoms with Gasteiger partial charge < -0.3 is 5.11 Å². The summed E-state index contributed by atoms with van der Waals surface area (Å²) >= 11 is 0. The van der Waals surface area contributed by atoms with Crippen LogP contribution in [0.25, 0.3) is 0 Å². The highest BCUT2D eigenvalue weighted by Gasteiger charge is 2.45. The average Bonchev–Trinajstić information content (AvgIpc) is 2.85. The van der Waals surface area contributed by atoms with E-state index < -0.39 is 6.09 Å². The molecule has 24 heavy (non-hydrogen) atoms. The minimum Gasteiger partial charge on any atom is -0.433 e. The second-order valence-electron chi connectivity index (χ2n) is 7.02. The van der Waals surface area contributed by atoms with E-state index in [1.54, 1.807) is 0 Å². The fourth-order valence-corrected chi connectivity index (χ4v) is 3.22. The van der Waals surface area contributed by atoms with Gasteiger partial charge in [-0.2, -0.15) is 4.79 Å². The Labute approximate surface area is 147 Å². The van der Waals surface area contributed by atoms with E-state index in [1.165, 1.54) is 64.2 Å². The van der Waals surface area contributed by atoms with E-state index in [0.717, 1.165) is 24.2 Å². The first kappa shape index (κ1) is 20.8. The maximum atomic E-state index is 11.6. The van der Waals surface area contributed by atoms with Gasteiger partial charge in [-0.05, 0) is 17.9 Å². The maximum absolute atomic E-state index is 11.6. The average molecular weight is 339 g/mol. The third kappa shape index (κ3) is 6.34. The van der Waals surface area contributed by atoms with Crippen LogP contribution in [0.3, 0.4) is 0 Å². The smallest absolute Gasteiger partial charge is 0.433 e. The largest absolute Gasteiger partial charge is 0.547 e. The molecule has 0 saturated heterocycles. The lowest BCUT2D eigenvalue weighted by Gasteiger charge is -2.21. The first-order valence-electron chi connectivity index (χ1n) is 9.77. The van der Waals surface area contributed by atoms with Crippen LogP contribution in [0, 0.1) is 0 Å². The van der Waals surface area contributed by atoms with E-state index in [4.69, 9.17) is 0 Å². The summed E-state index contributed by atoms with van der Waals surface area (Å²) in [5.41, 5.74) is 1.47. The molecule has 1 aliphatic heterocycles. The van der Waals surface area contributed by atoms with Gasteiger partial charge in [0.15, 0.2) is 5.70 Å². The third-order valence-corrected chi connectivity index (χ3v) is 5.08. The van der Waals surface area contributed by atoms with E-state index in [0.29, 0.717) is 6.54 Å².